The maximum Gasteiger partial charge on any atom is 0.244 e. The Hall–Kier alpha value is -0.430. The second kappa shape index (κ2) is 6.56. The largest absolute Gasteiger partial charge is 0.395 e. The number of rotatable bonds is 5. The van der Waals surface area contributed by atoms with Crippen LogP contribution < -0.4 is 0 Å². The minimum absolute atomic E-state index is 0.0421. The molecule has 0 aliphatic heterocycles. The Morgan fingerprint density at radius 3 is 2.45 bits per heavy atom. The average molecular weight is 317 g/mol. The number of hydrogen-bond donors (Lipinski definition) is 1. The fourth-order valence-corrected chi connectivity index (χ4v) is 6.16. The van der Waals surface area contributed by atoms with Crippen LogP contribution in [0.25, 0.3) is 0 Å². The quantitative estimate of drug-likeness (QED) is 0.908. The van der Waals surface area contributed by atoms with Crippen molar-refractivity contribution >= 4 is 21.4 Å². The van der Waals surface area contributed by atoms with Gasteiger partial charge in [0.25, 0.3) is 0 Å². The fourth-order valence-electron chi connectivity index (χ4n) is 2.96. The number of hydrogen-bond acceptors (Lipinski definition) is 4. The molecule has 0 saturated heterocycles. The van der Waals surface area contributed by atoms with E-state index in [0.29, 0.717) is 4.90 Å². The summed E-state index contributed by atoms with van der Waals surface area (Å²) in [7, 11) is -3.49. The molecule has 0 radical (unpaired) electrons. The highest BCUT2D eigenvalue weighted by molar-refractivity contribution is 7.89. The van der Waals surface area contributed by atoms with E-state index in [2.05, 4.69) is 0 Å². The van der Waals surface area contributed by atoms with Gasteiger partial charge in [0.15, 0.2) is 0 Å². The molecule has 1 saturated carbocycles. The van der Waals surface area contributed by atoms with Gasteiger partial charge in [0.05, 0.1) is 11.5 Å². The summed E-state index contributed by atoms with van der Waals surface area (Å²) < 4.78 is 27.3. The molecule has 114 valence electrons. The Labute approximate surface area is 125 Å². The maximum atomic E-state index is 12.9. The van der Waals surface area contributed by atoms with Gasteiger partial charge in [-0.1, -0.05) is 19.3 Å². The SMILES string of the molecule is Cc1cc(S(=O)(=O)N(CCO)C2CCCCC2)c(C)s1. The van der Waals surface area contributed by atoms with Crippen LogP contribution in [0.5, 0.6) is 0 Å². The Balaban J connectivity index is 2.33. The van der Waals surface area contributed by atoms with Gasteiger partial charge >= 0.3 is 0 Å². The zero-order valence-electron chi connectivity index (χ0n) is 12.1. The van der Waals surface area contributed by atoms with Crippen molar-refractivity contribution in [3.8, 4) is 0 Å². The molecule has 0 atom stereocenters. The van der Waals surface area contributed by atoms with E-state index in [-0.39, 0.29) is 19.2 Å². The first kappa shape index (κ1) is 15.9. The van der Waals surface area contributed by atoms with E-state index >= 15 is 0 Å². The molecule has 1 aromatic heterocycles. The van der Waals surface area contributed by atoms with Gasteiger partial charge in [0.1, 0.15) is 0 Å². The summed E-state index contributed by atoms with van der Waals surface area (Å²) in [6.45, 7) is 3.84. The lowest BCUT2D eigenvalue weighted by molar-refractivity contribution is 0.199. The van der Waals surface area contributed by atoms with E-state index in [1.807, 2.05) is 13.8 Å². The average Bonchev–Trinajstić information content (AvgIpc) is 2.76. The molecule has 4 nitrogen and oxygen atoms in total. The van der Waals surface area contributed by atoms with Gasteiger partial charge in [0.2, 0.25) is 10.0 Å². The van der Waals surface area contributed by atoms with E-state index in [9.17, 15) is 13.5 Å². The van der Waals surface area contributed by atoms with Crippen LogP contribution in [0.3, 0.4) is 0 Å². The Kier molecular flexibility index (Phi) is 5.23. The third-order valence-corrected chi connectivity index (χ3v) is 7.06. The number of aliphatic hydroxyl groups is 1. The molecule has 0 spiro atoms. The van der Waals surface area contributed by atoms with Crippen LogP contribution in [0.1, 0.15) is 41.9 Å². The molecule has 0 amide bonds. The van der Waals surface area contributed by atoms with Crippen LogP contribution in [-0.2, 0) is 10.0 Å². The minimum Gasteiger partial charge on any atom is -0.395 e. The topological polar surface area (TPSA) is 57.6 Å². The number of nitrogens with zero attached hydrogens (tertiary/aromatic N) is 1. The molecule has 6 heteroatoms. The summed E-state index contributed by atoms with van der Waals surface area (Å²) in [5.74, 6) is 0. The molecule has 0 bridgehead atoms. The van der Waals surface area contributed by atoms with Gasteiger partial charge < -0.3 is 5.11 Å². The summed E-state index contributed by atoms with van der Waals surface area (Å²) in [4.78, 5) is 2.26. The summed E-state index contributed by atoms with van der Waals surface area (Å²) in [5.41, 5.74) is 0. The minimum atomic E-state index is -3.49. The standard InChI is InChI=1S/C14H23NO3S2/c1-11-10-14(12(2)19-11)20(17,18)15(8-9-16)13-6-4-3-5-7-13/h10,13,16H,3-9H2,1-2H3. The van der Waals surface area contributed by atoms with Crippen molar-refractivity contribution < 1.29 is 13.5 Å². The molecular formula is C14H23NO3S2. The van der Waals surface area contributed by atoms with Crippen molar-refractivity contribution in [2.45, 2.75) is 56.9 Å². The molecule has 1 heterocycles. The summed E-state index contributed by atoms with van der Waals surface area (Å²) in [6.07, 6.45) is 5.14. The first-order valence-electron chi connectivity index (χ1n) is 7.16. The molecular weight excluding hydrogens is 294 g/mol. The van der Waals surface area contributed by atoms with Crippen molar-refractivity contribution in [3.05, 3.63) is 15.8 Å². The predicted molar refractivity (Wildman–Crippen MR) is 81.6 cm³/mol. The van der Waals surface area contributed by atoms with Crippen molar-refractivity contribution in [3.63, 3.8) is 0 Å². The second-order valence-corrected chi connectivity index (χ2v) is 8.73. The zero-order chi connectivity index (χ0) is 14.8. The van der Waals surface area contributed by atoms with E-state index < -0.39 is 10.0 Å². The number of thiophene rings is 1. The number of sulfonamides is 1. The van der Waals surface area contributed by atoms with Crippen molar-refractivity contribution in [2.24, 2.45) is 0 Å². The van der Waals surface area contributed by atoms with Gasteiger partial charge in [-0.3, -0.25) is 0 Å². The zero-order valence-corrected chi connectivity index (χ0v) is 13.8. The first-order chi connectivity index (χ1) is 9.46. The molecule has 1 N–H and O–H groups in total. The van der Waals surface area contributed by atoms with Crippen LogP contribution >= 0.6 is 11.3 Å². The lowest BCUT2D eigenvalue weighted by Crippen LogP contribution is -2.43. The lowest BCUT2D eigenvalue weighted by atomic mass is 9.95. The van der Waals surface area contributed by atoms with Gasteiger partial charge in [0, 0.05) is 22.3 Å². The van der Waals surface area contributed by atoms with Crippen LogP contribution in [0.2, 0.25) is 0 Å². The van der Waals surface area contributed by atoms with Crippen LogP contribution in [0.4, 0.5) is 0 Å². The van der Waals surface area contributed by atoms with E-state index in [1.165, 1.54) is 22.1 Å². The maximum absolute atomic E-state index is 12.9. The smallest absolute Gasteiger partial charge is 0.244 e. The Bertz CT molecular complexity index is 545. The van der Waals surface area contributed by atoms with Crippen LogP contribution in [-0.4, -0.2) is 37.0 Å². The van der Waals surface area contributed by atoms with E-state index in [1.54, 1.807) is 6.07 Å². The lowest BCUT2D eigenvalue weighted by Gasteiger charge is -2.33. The normalized spacial score (nSPS) is 17.8. The first-order valence-corrected chi connectivity index (χ1v) is 9.42. The predicted octanol–water partition coefficient (Wildman–Crippen LogP) is 2.68. The van der Waals surface area contributed by atoms with Crippen LogP contribution in [0, 0.1) is 13.8 Å². The van der Waals surface area contributed by atoms with Crippen molar-refractivity contribution in [1.82, 2.24) is 4.31 Å². The molecule has 1 aliphatic carbocycles. The molecule has 1 aliphatic rings. The van der Waals surface area contributed by atoms with Crippen molar-refractivity contribution in [2.75, 3.05) is 13.2 Å². The van der Waals surface area contributed by atoms with E-state index in [4.69, 9.17) is 0 Å². The molecule has 0 unspecified atom stereocenters. The van der Waals surface area contributed by atoms with E-state index in [0.717, 1.165) is 35.4 Å². The highest BCUT2D eigenvalue weighted by atomic mass is 32.2. The van der Waals surface area contributed by atoms with Gasteiger partial charge in [-0.05, 0) is 32.8 Å². The third kappa shape index (κ3) is 3.24. The summed E-state index contributed by atoms with van der Waals surface area (Å²) >= 11 is 1.51. The third-order valence-electron chi connectivity index (χ3n) is 3.88. The highest BCUT2D eigenvalue weighted by Crippen LogP contribution is 2.32. The molecule has 1 aromatic rings. The molecule has 1 fully saturated rings. The van der Waals surface area contributed by atoms with Gasteiger partial charge in [-0.2, -0.15) is 4.31 Å². The number of aryl methyl sites for hydroxylation is 2. The monoisotopic (exact) mass is 317 g/mol. The molecule has 0 aromatic carbocycles. The summed E-state index contributed by atoms with van der Waals surface area (Å²) in [6, 6.07) is 1.79. The molecule has 2 rings (SSSR count). The van der Waals surface area contributed by atoms with Crippen LogP contribution in [0.15, 0.2) is 11.0 Å². The Morgan fingerprint density at radius 1 is 1.30 bits per heavy atom. The molecule has 20 heavy (non-hydrogen) atoms. The second-order valence-electron chi connectivity index (χ2n) is 5.41. The fraction of sp³-hybridized carbons (Fsp3) is 0.714. The summed E-state index contributed by atoms with van der Waals surface area (Å²) in [5, 5.41) is 9.25. The van der Waals surface area contributed by atoms with Gasteiger partial charge in [-0.15, -0.1) is 11.3 Å². The highest BCUT2D eigenvalue weighted by Gasteiger charge is 2.33. The Morgan fingerprint density at radius 2 is 1.95 bits per heavy atom. The van der Waals surface area contributed by atoms with Gasteiger partial charge in [-0.25, -0.2) is 8.42 Å². The number of aliphatic hydroxyl groups excluding tert-OH is 1. The van der Waals surface area contributed by atoms with Crippen molar-refractivity contribution in [1.29, 1.82) is 0 Å².